The van der Waals surface area contributed by atoms with Crippen molar-refractivity contribution >= 4 is 35.1 Å². The molecule has 1 aromatic carbocycles. The topological polar surface area (TPSA) is 91.5 Å². The molecular weight excluding hydrogens is 482 g/mol. The maximum atomic E-state index is 13.4. The van der Waals surface area contributed by atoms with E-state index in [1.54, 1.807) is 24.3 Å². The molecule has 4 amide bonds. The van der Waals surface area contributed by atoms with Gasteiger partial charge < -0.3 is 30.2 Å². The van der Waals surface area contributed by atoms with Gasteiger partial charge in [-0.05, 0) is 29.7 Å². The first kappa shape index (κ1) is 26.1. The van der Waals surface area contributed by atoms with Gasteiger partial charge in [-0.3, -0.25) is 14.5 Å². The molecule has 0 aliphatic carbocycles. The van der Waals surface area contributed by atoms with Gasteiger partial charge in [-0.15, -0.1) is 0 Å². The van der Waals surface area contributed by atoms with E-state index in [9.17, 15) is 14.4 Å². The molecule has 2 fully saturated rings. The second-order valence-corrected chi connectivity index (χ2v) is 11.2. The van der Waals surface area contributed by atoms with Gasteiger partial charge in [0.25, 0.3) is 5.91 Å². The molecule has 0 saturated carbocycles. The lowest BCUT2D eigenvalue weighted by Crippen LogP contribution is -2.59. The number of urea groups is 1. The van der Waals surface area contributed by atoms with Crippen LogP contribution in [0.5, 0.6) is 0 Å². The number of fused-ring (bicyclic) bond motifs is 1. The van der Waals surface area contributed by atoms with Crippen LogP contribution in [-0.4, -0.2) is 108 Å². The first-order chi connectivity index (χ1) is 17.0. The Labute approximate surface area is 217 Å². The molecule has 0 radical (unpaired) electrons. The third-order valence-electron chi connectivity index (χ3n) is 6.79. The van der Waals surface area contributed by atoms with Gasteiger partial charge in [-0.2, -0.15) is 0 Å². The van der Waals surface area contributed by atoms with Crippen LogP contribution in [0.2, 0.25) is 5.02 Å². The van der Waals surface area contributed by atoms with Crippen LogP contribution in [0.3, 0.4) is 0 Å². The largest absolute Gasteiger partial charge is 0.361 e. The maximum absolute atomic E-state index is 13.4. The molecule has 10 nitrogen and oxygen atoms in total. The number of benzene rings is 1. The number of rotatable bonds is 6. The Morgan fingerprint density at radius 3 is 2.31 bits per heavy atom. The smallest absolute Gasteiger partial charge is 0.319 e. The normalized spacial score (nSPS) is 19.4. The number of nitrogens with zero attached hydrogens (tertiary/aromatic N) is 5. The molecule has 0 spiro atoms. The van der Waals surface area contributed by atoms with Crippen LogP contribution in [0.25, 0.3) is 0 Å². The predicted molar refractivity (Wildman–Crippen MR) is 139 cm³/mol. The molecule has 3 aliphatic rings. The maximum Gasteiger partial charge on any atom is 0.319 e. The fraction of sp³-hybridized carbons (Fsp3) is 0.560. The number of halogens is 1. The van der Waals surface area contributed by atoms with E-state index >= 15 is 0 Å². The molecule has 0 unspecified atom stereocenters. The second kappa shape index (κ2) is 10.6. The fourth-order valence-corrected chi connectivity index (χ4v) is 4.84. The van der Waals surface area contributed by atoms with Gasteiger partial charge in [0.15, 0.2) is 0 Å². The third kappa shape index (κ3) is 6.04. The molecule has 1 aromatic rings. The van der Waals surface area contributed by atoms with Crippen LogP contribution in [0, 0.1) is 5.41 Å². The van der Waals surface area contributed by atoms with E-state index in [2.05, 4.69) is 20.4 Å². The summed E-state index contributed by atoms with van der Waals surface area (Å²) in [6.45, 7) is 11.3. The van der Waals surface area contributed by atoms with Crippen molar-refractivity contribution in [3.8, 4) is 0 Å². The Kier molecular flexibility index (Phi) is 7.65. The van der Waals surface area contributed by atoms with Crippen LogP contribution in [0.4, 0.5) is 10.5 Å². The van der Waals surface area contributed by atoms with Crippen LogP contribution in [-0.2, 0) is 9.59 Å². The van der Waals surface area contributed by atoms with Crippen molar-refractivity contribution < 1.29 is 14.4 Å². The summed E-state index contributed by atoms with van der Waals surface area (Å²) < 4.78 is 0. The van der Waals surface area contributed by atoms with E-state index in [1.165, 1.54) is 0 Å². The summed E-state index contributed by atoms with van der Waals surface area (Å²) in [5.41, 5.74) is 0.914. The van der Waals surface area contributed by atoms with Crippen molar-refractivity contribution in [1.29, 1.82) is 0 Å². The zero-order valence-electron chi connectivity index (χ0n) is 21.5. The summed E-state index contributed by atoms with van der Waals surface area (Å²) in [4.78, 5) is 48.8. The summed E-state index contributed by atoms with van der Waals surface area (Å²) in [6.07, 6.45) is 1.90. The third-order valence-corrected chi connectivity index (χ3v) is 7.04. The fourth-order valence-electron chi connectivity index (χ4n) is 4.71. The molecule has 1 atom stereocenters. The lowest BCUT2D eigenvalue weighted by Gasteiger charge is -2.39. The van der Waals surface area contributed by atoms with Gasteiger partial charge in [0.1, 0.15) is 11.7 Å². The number of carbonyl (C=O) groups is 3. The van der Waals surface area contributed by atoms with Gasteiger partial charge in [0.2, 0.25) is 5.91 Å². The quantitative estimate of drug-likeness (QED) is 0.598. The zero-order chi connectivity index (χ0) is 26.0. The molecular formula is C25H36ClN7O3. The molecule has 2 saturated heterocycles. The molecule has 4 rings (SSSR count). The monoisotopic (exact) mass is 517 g/mol. The molecule has 36 heavy (non-hydrogen) atoms. The molecule has 3 heterocycles. The lowest BCUT2D eigenvalue weighted by atomic mass is 9.85. The summed E-state index contributed by atoms with van der Waals surface area (Å²) in [7, 11) is 1.97. The average Bonchev–Trinajstić information content (AvgIpc) is 3.33. The summed E-state index contributed by atoms with van der Waals surface area (Å²) in [5.74, 6) is 0.00365. The van der Waals surface area contributed by atoms with E-state index in [-0.39, 0.29) is 11.8 Å². The number of piperazine rings is 1. The lowest BCUT2D eigenvalue weighted by molar-refractivity contribution is -0.137. The van der Waals surface area contributed by atoms with Crippen molar-refractivity contribution in [2.24, 2.45) is 5.41 Å². The van der Waals surface area contributed by atoms with Gasteiger partial charge >= 0.3 is 6.03 Å². The van der Waals surface area contributed by atoms with Crippen LogP contribution in [0.15, 0.2) is 36.2 Å². The highest BCUT2D eigenvalue weighted by atomic mass is 35.5. The average molecular weight is 518 g/mol. The molecule has 196 valence electrons. The number of hydrogen-bond acceptors (Lipinski definition) is 6. The Bertz CT molecular complexity index is 1020. The number of anilines is 1. The Hall–Kier alpha value is -2.98. The first-order valence-corrected chi connectivity index (χ1v) is 12.7. The van der Waals surface area contributed by atoms with Crippen molar-refractivity contribution in [1.82, 2.24) is 29.8 Å². The highest BCUT2D eigenvalue weighted by molar-refractivity contribution is 6.30. The standard InChI is InChI=1S/C25H36ClN7O3/c1-25(2,3)21(28-24(36)27-19-7-5-18(26)6-8-19)23(35)31-12-9-30(10-13-31)11-14-32-17-33-16-29(4)15-20(33)22(32)34/h5-8,15,21H,9-14,16-17H2,1-4H3,(H2,27,28,36)/t21-/m0/s1. The van der Waals surface area contributed by atoms with Gasteiger partial charge in [-0.1, -0.05) is 32.4 Å². The number of hydrogen-bond donors (Lipinski definition) is 2. The van der Waals surface area contributed by atoms with Gasteiger partial charge in [0, 0.05) is 63.2 Å². The molecule has 2 N–H and O–H groups in total. The zero-order valence-corrected chi connectivity index (χ0v) is 22.2. The molecule has 0 aromatic heterocycles. The Balaban J connectivity index is 1.26. The summed E-state index contributed by atoms with van der Waals surface area (Å²) >= 11 is 5.91. The summed E-state index contributed by atoms with van der Waals surface area (Å²) in [6, 6.07) is 5.72. The van der Waals surface area contributed by atoms with Crippen LogP contribution in [0.1, 0.15) is 20.8 Å². The van der Waals surface area contributed by atoms with Crippen LogP contribution < -0.4 is 10.6 Å². The molecule has 3 aliphatic heterocycles. The van der Waals surface area contributed by atoms with Crippen molar-refractivity contribution in [3.63, 3.8) is 0 Å². The number of amides is 4. The highest BCUT2D eigenvalue weighted by Crippen LogP contribution is 2.24. The molecule has 11 heteroatoms. The van der Waals surface area contributed by atoms with E-state index < -0.39 is 17.5 Å². The van der Waals surface area contributed by atoms with Crippen molar-refractivity contribution in [2.45, 2.75) is 26.8 Å². The van der Waals surface area contributed by atoms with E-state index in [0.29, 0.717) is 37.0 Å². The minimum Gasteiger partial charge on any atom is -0.361 e. The van der Waals surface area contributed by atoms with E-state index in [4.69, 9.17) is 11.6 Å². The minimum atomic E-state index is -0.668. The number of nitrogens with one attached hydrogen (secondary N) is 2. The highest BCUT2D eigenvalue weighted by Gasteiger charge is 2.38. The second-order valence-electron chi connectivity index (χ2n) is 10.7. The molecule has 0 bridgehead atoms. The van der Waals surface area contributed by atoms with Crippen molar-refractivity contribution in [3.05, 3.63) is 41.2 Å². The number of carbonyl (C=O) groups excluding carboxylic acids is 3. The summed E-state index contributed by atoms with van der Waals surface area (Å²) in [5, 5.41) is 6.23. The first-order valence-electron chi connectivity index (χ1n) is 12.3. The minimum absolute atomic E-state index is 0.0835. The van der Waals surface area contributed by atoms with E-state index in [0.717, 1.165) is 32.0 Å². The Morgan fingerprint density at radius 1 is 1.03 bits per heavy atom. The van der Waals surface area contributed by atoms with Crippen molar-refractivity contribution in [2.75, 3.05) is 65.0 Å². The van der Waals surface area contributed by atoms with Gasteiger partial charge in [0.05, 0.1) is 13.3 Å². The van der Waals surface area contributed by atoms with Crippen LogP contribution >= 0.6 is 11.6 Å². The SMILES string of the molecule is CN1C=C2C(=O)N(CCN3CCN(C(=O)[C@H](NC(=O)Nc4ccc(Cl)cc4)C(C)(C)C)CC3)CN2C1. The predicted octanol–water partition coefficient (Wildman–Crippen LogP) is 1.87. The van der Waals surface area contributed by atoms with Gasteiger partial charge in [-0.25, -0.2) is 4.79 Å². The van der Waals surface area contributed by atoms with E-state index in [1.807, 2.05) is 48.7 Å². The Morgan fingerprint density at radius 2 is 1.69 bits per heavy atom.